The maximum atomic E-state index is 11.1. The molecule has 0 radical (unpaired) electrons. The standard InChI is InChI=1S/C23H21ClO2/c24-19-13-11-17(12-14-19)22(25)20-9-4-5-10-21(20)23(15-6-16-26-23)18-7-2-1-3-8-18/h1-5,7-14,22,25H,6,15-16H2. The van der Waals surface area contributed by atoms with Crippen LogP contribution in [0.3, 0.4) is 0 Å². The lowest BCUT2D eigenvalue weighted by Gasteiger charge is -2.33. The molecule has 1 fully saturated rings. The van der Waals surface area contributed by atoms with Crippen molar-refractivity contribution in [3.63, 3.8) is 0 Å². The first-order valence-electron chi connectivity index (χ1n) is 8.93. The lowest BCUT2D eigenvalue weighted by molar-refractivity contribution is 0.0336. The van der Waals surface area contributed by atoms with Gasteiger partial charge in [-0.2, -0.15) is 0 Å². The van der Waals surface area contributed by atoms with Crippen LogP contribution in [-0.4, -0.2) is 11.7 Å². The quantitative estimate of drug-likeness (QED) is 0.664. The lowest BCUT2D eigenvalue weighted by atomic mass is 9.79. The highest BCUT2D eigenvalue weighted by Gasteiger charge is 2.41. The van der Waals surface area contributed by atoms with Crippen molar-refractivity contribution in [2.24, 2.45) is 0 Å². The minimum absolute atomic E-state index is 0.509. The fraction of sp³-hybridized carbons (Fsp3) is 0.217. The Morgan fingerprint density at radius 1 is 0.885 bits per heavy atom. The molecular formula is C23H21ClO2. The Bertz CT molecular complexity index is 868. The first kappa shape index (κ1) is 17.3. The molecule has 2 atom stereocenters. The van der Waals surface area contributed by atoms with Crippen LogP contribution in [0, 0.1) is 0 Å². The molecule has 0 bridgehead atoms. The SMILES string of the molecule is OC(c1ccc(Cl)cc1)c1ccccc1C1(c2ccccc2)CCCO1. The highest BCUT2D eigenvalue weighted by Crippen LogP contribution is 2.45. The second-order valence-corrected chi connectivity index (χ2v) is 7.12. The van der Waals surface area contributed by atoms with Gasteiger partial charge in [-0.25, -0.2) is 0 Å². The normalized spacial score (nSPS) is 20.8. The number of hydrogen-bond acceptors (Lipinski definition) is 2. The van der Waals surface area contributed by atoms with Crippen LogP contribution in [0.1, 0.15) is 41.2 Å². The number of hydrogen-bond donors (Lipinski definition) is 1. The van der Waals surface area contributed by atoms with Gasteiger partial charge in [0.1, 0.15) is 11.7 Å². The molecule has 3 aromatic rings. The van der Waals surface area contributed by atoms with Crippen LogP contribution in [0.25, 0.3) is 0 Å². The van der Waals surface area contributed by atoms with Crippen LogP contribution < -0.4 is 0 Å². The molecule has 0 aromatic heterocycles. The molecule has 0 amide bonds. The summed E-state index contributed by atoms with van der Waals surface area (Å²) in [5.74, 6) is 0. The van der Waals surface area contributed by atoms with Crippen LogP contribution in [-0.2, 0) is 10.3 Å². The Morgan fingerprint density at radius 3 is 2.27 bits per heavy atom. The lowest BCUT2D eigenvalue weighted by Crippen LogP contribution is -2.28. The Kier molecular flexibility index (Phi) is 4.82. The zero-order chi connectivity index (χ0) is 18.0. The summed E-state index contributed by atoms with van der Waals surface area (Å²) in [6, 6.07) is 25.7. The maximum absolute atomic E-state index is 11.1. The van der Waals surface area contributed by atoms with Gasteiger partial charge in [-0.15, -0.1) is 0 Å². The summed E-state index contributed by atoms with van der Waals surface area (Å²) in [5.41, 5.74) is 3.36. The summed E-state index contributed by atoms with van der Waals surface area (Å²) in [4.78, 5) is 0. The molecule has 1 aliphatic rings. The van der Waals surface area contributed by atoms with Gasteiger partial charge >= 0.3 is 0 Å². The van der Waals surface area contributed by atoms with E-state index in [4.69, 9.17) is 16.3 Å². The van der Waals surface area contributed by atoms with E-state index in [0.717, 1.165) is 41.7 Å². The summed E-state index contributed by atoms with van der Waals surface area (Å²) >= 11 is 6.00. The van der Waals surface area contributed by atoms with E-state index in [1.165, 1.54) is 0 Å². The van der Waals surface area contributed by atoms with Crippen LogP contribution in [0.4, 0.5) is 0 Å². The van der Waals surface area contributed by atoms with Gasteiger partial charge in [0.2, 0.25) is 0 Å². The highest BCUT2D eigenvalue weighted by molar-refractivity contribution is 6.30. The minimum atomic E-state index is -0.728. The molecule has 26 heavy (non-hydrogen) atoms. The largest absolute Gasteiger partial charge is 0.384 e. The summed E-state index contributed by atoms with van der Waals surface area (Å²) in [7, 11) is 0. The molecule has 1 heterocycles. The van der Waals surface area contributed by atoms with E-state index in [1.807, 2.05) is 60.7 Å². The van der Waals surface area contributed by atoms with E-state index in [0.29, 0.717) is 5.02 Å². The smallest absolute Gasteiger partial charge is 0.119 e. The third-order valence-electron chi connectivity index (χ3n) is 5.14. The van der Waals surface area contributed by atoms with Crippen molar-refractivity contribution in [2.45, 2.75) is 24.5 Å². The maximum Gasteiger partial charge on any atom is 0.119 e. The fourth-order valence-corrected chi connectivity index (χ4v) is 4.00. The van der Waals surface area contributed by atoms with Gasteiger partial charge in [0.05, 0.1) is 0 Å². The Balaban J connectivity index is 1.83. The van der Waals surface area contributed by atoms with Gasteiger partial charge in [0.15, 0.2) is 0 Å². The number of aliphatic hydroxyl groups excluding tert-OH is 1. The molecule has 0 spiro atoms. The van der Waals surface area contributed by atoms with E-state index >= 15 is 0 Å². The van der Waals surface area contributed by atoms with Gasteiger partial charge in [0.25, 0.3) is 0 Å². The molecular weight excluding hydrogens is 344 g/mol. The third-order valence-corrected chi connectivity index (χ3v) is 5.39. The molecule has 3 aromatic carbocycles. The molecule has 132 valence electrons. The first-order chi connectivity index (χ1) is 12.7. The molecule has 3 heteroatoms. The minimum Gasteiger partial charge on any atom is -0.384 e. The van der Waals surface area contributed by atoms with Crippen molar-refractivity contribution in [1.82, 2.24) is 0 Å². The summed E-state index contributed by atoms with van der Waals surface area (Å²) < 4.78 is 6.33. The van der Waals surface area contributed by atoms with Gasteiger partial charge < -0.3 is 9.84 Å². The highest BCUT2D eigenvalue weighted by atomic mass is 35.5. The second kappa shape index (κ2) is 7.24. The van der Waals surface area contributed by atoms with Gasteiger partial charge in [-0.3, -0.25) is 0 Å². The average Bonchev–Trinajstić information content (AvgIpc) is 3.20. The fourth-order valence-electron chi connectivity index (χ4n) is 3.87. The molecule has 1 saturated heterocycles. The molecule has 1 N–H and O–H groups in total. The average molecular weight is 365 g/mol. The van der Waals surface area contributed by atoms with Crippen LogP contribution in [0.2, 0.25) is 5.02 Å². The monoisotopic (exact) mass is 364 g/mol. The van der Waals surface area contributed by atoms with Crippen molar-refractivity contribution >= 4 is 11.6 Å². The molecule has 2 nitrogen and oxygen atoms in total. The summed E-state index contributed by atoms with van der Waals surface area (Å²) in [6.07, 6.45) is 1.18. The Morgan fingerprint density at radius 2 is 1.58 bits per heavy atom. The molecule has 0 saturated carbocycles. The van der Waals surface area contributed by atoms with E-state index in [9.17, 15) is 5.11 Å². The van der Waals surface area contributed by atoms with E-state index < -0.39 is 11.7 Å². The van der Waals surface area contributed by atoms with Crippen LogP contribution >= 0.6 is 11.6 Å². The topological polar surface area (TPSA) is 29.5 Å². The van der Waals surface area contributed by atoms with E-state index in [-0.39, 0.29) is 0 Å². The van der Waals surface area contributed by atoms with Crippen molar-refractivity contribution < 1.29 is 9.84 Å². The van der Waals surface area contributed by atoms with E-state index in [1.54, 1.807) is 0 Å². The first-order valence-corrected chi connectivity index (χ1v) is 9.31. The predicted octanol–water partition coefficient (Wildman–Crippen LogP) is 5.48. The van der Waals surface area contributed by atoms with Crippen molar-refractivity contribution in [3.05, 3.63) is 106 Å². The third kappa shape index (κ3) is 3.05. The van der Waals surface area contributed by atoms with Crippen LogP contribution in [0.5, 0.6) is 0 Å². The zero-order valence-corrected chi connectivity index (χ0v) is 15.2. The van der Waals surface area contributed by atoms with Gasteiger partial charge in [-0.05, 0) is 47.2 Å². The summed E-state index contributed by atoms with van der Waals surface area (Å²) in [5, 5.41) is 11.7. The molecule has 1 aliphatic heterocycles. The van der Waals surface area contributed by atoms with Crippen molar-refractivity contribution in [3.8, 4) is 0 Å². The van der Waals surface area contributed by atoms with Crippen LogP contribution in [0.15, 0.2) is 78.9 Å². The molecule has 2 unspecified atom stereocenters. The predicted molar refractivity (Wildman–Crippen MR) is 104 cm³/mol. The number of ether oxygens (including phenoxy) is 1. The molecule has 4 rings (SSSR count). The second-order valence-electron chi connectivity index (χ2n) is 6.69. The van der Waals surface area contributed by atoms with Crippen molar-refractivity contribution in [1.29, 1.82) is 0 Å². The Labute approximate surface area is 159 Å². The number of aliphatic hydroxyl groups is 1. The number of halogens is 1. The van der Waals surface area contributed by atoms with E-state index in [2.05, 4.69) is 18.2 Å². The van der Waals surface area contributed by atoms with Gasteiger partial charge in [0, 0.05) is 11.6 Å². The number of benzene rings is 3. The van der Waals surface area contributed by atoms with Crippen molar-refractivity contribution in [2.75, 3.05) is 6.61 Å². The summed E-state index contributed by atoms with van der Waals surface area (Å²) in [6.45, 7) is 0.722. The molecule has 0 aliphatic carbocycles. The zero-order valence-electron chi connectivity index (χ0n) is 14.4. The van der Waals surface area contributed by atoms with Gasteiger partial charge in [-0.1, -0.05) is 78.3 Å². The Hall–Kier alpha value is -2.13. The number of rotatable bonds is 4.